The van der Waals surface area contributed by atoms with E-state index >= 15 is 0 Å². The summed E-state index contributed by atoms with van der Waals surface area (Å²) in [6.07, 6.45) is 9.18. The minimum atomic E-state index is -0.746. The van der Waals surface area contributed by atoms with Crippen LogP contribution in [0.1, 0.15) is 92.4 Å². The number of amides is 3. The Morgan fingerprint density at radius 1 is 0.969 bits per heavy atom. The number of hydrogen-bond donors (Lipinski definition) is 4. The van der Waals surface area contributed by atoms with Crippen LogP contribution in [0.25, 0.3) is 0 Å². The summed E-state index contributed by atoms with van der Waals surface area (Å²) >= 11 is 0. The lowest BCUT2D eigenvalue weighted by atomic mass is 9.79. The molecule has 0 saturated heterocycles. The molecule has 8 heteroatoms. The number of hydrogen-bond acceptors (Lipinski definition) is 5. The van der Waals surface area contributed by atoms with E-state index in [2.05, 4.69) is 5.43 Å². The van der Waals surface area contributed by atoms with E-state index in [4.69, 9.17) is 5.73 Å². The number of carbonyl (C=O) groups excluding carboxylic acids is 3. The van der Waals surface area contributed by atoms with Gasteiger partial charge in [0.25, 0.3) is 5.91 Å². The van der Waals surface area contributed by atoms with Crippen molar-refractivity contribution in [3.63, 3.8) is 0 Å². The van der Waals surface area contributed by atoms with Gasteiger partial charge in [-0.1, -0.05) is 72.6 Å². The van der Waals surface area contributed by atoms with E-state index < -0.39 is 23.8 Å². The zero-order valence-corrected chi connectivity index (χ0v) is 20.7. The molecule has 0 radical (unpaired) electrons. The molecule has 0 aromatic carbocycles. The zero-order valence-electron chi connectivity index (χ0n) is 20.7. The van der Waals surface area contributed by atoms with Crippen LogP contribution in [-0.2, 0) is 14.4 Å². The fraction of sp³-hybridized carbons (Fsp3) is 0.875. The maximum absolute atomic E-state index is 13.3. The molecule has 1 aliphatic rings. The molecule has 3 amide bonds. The largest absolute Gasteiger partial charge is 0.320 e. The van der Waals surface area contributed by atoms with Gasteiger partial charge in [-0.25, -0.2) is 5.48 Å². The standard InChI is InChI=1S/C24H46N4O4/c1-16(2)14-21(22(29)26-28(15-17(3)4)24(31)18(5)25)20(23(30)27-32)13-9-12-19-10-7-6-8-11-19/h16-21,32H,6-15,25H2,1-5H3,(H,26,29)(H,27,30)/t18-,20?,21-/m1/s1. The number of hydroxylamine groups is 1. The SMILES string of the molecule is CC(C)C[C@@H](C(=O)NN(CC(C)C)C(=O)[C@@H](C)N)C(CCCC1CCCCC1)C(=O)NO. The molecule has 1 fully saturated rings. The second-order valence-electron chi connectivity index (χ2n) is 10.4. The average Bonchev–Trinajstić information content (AvgIpc) is 2.74. The second kappa shape index (κ2) is 14.5. The molecule has 32 heavy (non-hydrogen) atoms. The molecule has 1 saturated carbocycles. The molecule has 0 bridgehead atoms. The predicted octanol–water partition coefficient (Wildman–Crippen LogP) is 3.38. The lowest BCUT2D eigenvalue weighted by molar-refractivity contribution is -0.148. The number of rotatable bonds is 12. The average molecular weight is 455 g/mol. The summed E-state index contributed by atoms with van der Waals surface area (Å²) in [5.41, 5.74) is 10.3. The van der Waals surface area contributed by atoms with E-state index in [0.717, 1.165) is 12.8 Å². The first-order valence-electron chi connectivity index (χ1n) is 12.4. The van der Waals surface area contributed by atoms with Gasteiger partial charge in [-0.3, -0.25) is 30.0 Å². The van der Waals surface area contributed by atoms with E-state index in [9.17, 15) is 19.6 Å². The van der Waals surface area contributed by atoms with E-state index in [1.54, 1.807) is 12.4 Å². The number of nitrogens with one attached hydrogen (secondary N) is 2. The summed E-state index contributed by atoms with van der Waals surface area (Å²) in [5, 5.41) is 10.6. The topological polar surface area (TPSA) is 125 Å². The summed E-state index contributed by atoms with van der Waals surface area (Å²) in [6, 6.07) is -0.746. The molecule has 0 aromatic heterocycles. The van der Waals surface area contributed by atoms with Gasteiger partial charge >= 0.3 is 0 Å². The molecule has 1 rings (SSSR count). The monoisotopic (exact) mass is 454 g/mol. The summed E-state index contributed by atoms with van der Waals surface area (Å²) in [5.74, 6) is -1.60. The molecule has 1 aliphatic carbocycles. The van der Waals surface area contributed by atoms with Gasteiger partial charge in [0.2, 0.25) is 11.8 Å². The van der Waals surface area contributed by atoms with Crippen molar-refractivity contribution in [1.82, 2.24) is 15.9 Å². The fourth-order valence-corrected chi connectivity index (χ4v) is 4.68. The molecule has 0 aliphatic heterocycles. The van der Waals surface area contributed by atoms with Gasteiger partial charge in [0.05, 0.1) is 17.9 Å². The van der Waals surface area contributed by atoms with Crippen LogP contribution in [0.2, 0.25) is 0 Å². The first kappa shape index (κ1) is 28.4. The van der Waals surface area contributed by atoms with E-state index in [0.29, 0.717) is 25.3 Å². The van der Waals surface area contributed by atoms with Crippen molar-refractivity contribution in [2.75, 3.05) is 6.54 Å². The number of hydrazine groups is 1. The van der Waals surface area contributed by atoms with Crippen molar-refractivity contribution < 1.29 is 19.6 Å². The van der Waals surface area contributed by atoms with Crippen LogP contribution in [0.15, 0.2) is 0 Å². The molecule has 0 heterocycles. The van der Waals surface area contributed by atoms with Gasteiger partial charge in [-0.2, -0.15) is 0 Å². The van der Waals surface area contributed by atoms with Gasteiger partial charge in [0.15, 0.2) is 0 Å². The quantitative estimate of drug-likeness (QED) is 0.266. The third-order valence-corrected chi connectivity index (χ3v) is 6.30. The molecule has 186 valence electrons. The fourth-order valence-electron chi connectivity index (χ4n) is 4.68. The van der Waals surface area contributed by atoms with Crippen LogP contribution in [0.4, 0.5) is 0 Å². The Balaban J connectivity index is 2.96. The van der Waals surface area contributed by atoms with Crippen LogP contribution < -0.4 is 16.6 Å². The number of carbonyl (C=O) groups is 3. The highest BCUT2D eigenvalue weighted by molar-refractivity contribution is 5.89. The molecular formula is C24H46N4O4. The first-order chi connectivity index (χ1) is 15.1. The Kier molecular flexibility index (Phi) is 12.8. The Hall–Kier alpha value is -1.67. The van der Waals surface area contributed by atoms with Crippen molar-refractivity contribution in [3.8, 4) is 0 Å². The molecule has 0 spiro atoms. The molecule has 5 N–H and O–H groups in total. The third kappa shape index (κ3) is 9.86. The Morgan fingerprint density at radius 2 is 1.59 bits per heavy atom. The van der Waals surface area contributed by atoms with Crippen LogP contribution in [0, 0.1) is 29.6 Å². The molecule has 8 nitrogen and oxygen atoms in total. The van der Waals surface area contributed by atoms with Crippen molar-refractivity contribution in [1.29, 1.82) is 0 Å². The Bertz CT molecular complexity index is 589. The smallest absolute Gasteiger partial charge is 0.257 e. The molecule has 1 unspecified atom stereocenters. The maximum Gasteiger partial charge on any atom is 0.257 e. The van der Waals surface area contributed by atoms with Crippen molar-refractivity contribution in [3.05, 3.63) is 0 Å². The summed E-state index contributed by atoms with van der Waals surface area (Å²) < 4.78 is 0. The maximum atomic E-state index is 13.3. The van der Waals surface area contributed by atoms with E-state index in [1.165, 1.54) is 37.1 Å². The zero-order chi connectivity index (χ0) is 24.3. The first-order valence-corrected chi connectivity index (χ1v) is 12.4. The highest BCUT2D eigenvalue weighted by Crippen LogP contribution is 2.31. The normalized spacial score (nSPS) is 17.7. The third-order valence-electron chi connectivity index (χ3n) is 6.30. The predicted molar refractivity (Wildman–Crippen MR) is 125 cm³/mol. The Labute approximate surface area is 194 Å². The highest BCUT2D eigenvalue weighted by atomic mass is 16.5. The highest BCUT2D eigenvalue weighted by Gasteiger charge is 2.35. The summed E-state index contributed by atoms with van der Waals surface area (Å²) in [6.45, 7) is 9.81. The minimum absolute atomic E-state index is 0.133. The van der Waals surface area contributed by atoms with Gasteiger partial charge < -0.3 is 5.73 Å². The Morgan fingerprint density at radius 3 is 2.09 bits per heavy atom. The van der Waals surface area contributed by atoms with Crippen LogP contribution in [0.5, 0.6) is 0 Å². The molecular weight excluding hydrogens is 408 g/mol. The van der Waals surface area contributed by atoms with Crippen LogP contribution in [0.3, 0.4) is 0 Å². The van der Waals surface area contributed by atoms with Gasteiger partial charge in [0.1, 0.15) is 0 Å². The van der Waals surface area contributed by atoms with E-state index in [-0.39, 0.29) is 23.7 Å². The molecule has 0 aromatic rings. The molecule has 3 atom stereocenters. The van der Waals surface area contributed by atoms with Crippen LogP contribution in [-0.4, -0.2) is 40.5 Å². The van der Waals surface area contributed by atoms with Crippen molar-refractivity contribution in [2.24, 2.45) is 35.3 Å². The minimum Gasteiger partial charge on any atom is -0.320 e. The van der Waals surface area contributed by atoms with Gasteiger partial charge in [0, 0.05) is 6.54 Å². The van der Waals surface area contributed by atoms with Gasteiger partial charge in [-0.15, -0.1) is 0 Å². The van der Waals surface area contributed by atoms with Crippen molar-refractivity contribution in [2.45, 2.75) is 98.4 Å². The lowest BCUT2D eigenvalue weighted by Crippen LogP contribution is -2.55. The van der Waals surface area contributed by atoms with Crippen molar-refractivity contribution >= 4 is 17.7 Å². The number of nitrogens with two attached hydrogens (primary N) is 1. The summed E-state index contributed by atoms with van der Waals surface area (Å²) in [7, 11) is 0. The second-order valence-corrected chi connectivity index (χ2v) is 10.4. The van der Waals surface area contributed by atoms with Gasteiger partial charge in [-0.05, 0) is 37.5 Å². The lowest BCUT2D eigenvalue weighted by Gasteiger charge is -2.32. The van der Waals surface area contributed by atoms with Crippen LogP contribution >= 0.6 is 0 Å². The van der Waals surface area contributed by atoms with E-state index in [1.807, 2.05) is 27.7 Å². The summed E-state index contributed by atoms with van der Waals surface area (Å²) in [4.78, 5) is 38.4. The number of nitrogens with zero attached hydrogens (tertiary/aromatic N) is 1.